The summed E-state index contributed by atoms with van der Waals surface area (Å²) in [5, 5.41) is 5.89. The first kappa shape index (κ1) is 19.7. The summed E-state index contributed by atoms with van der Waals surface area (Å²) < 4.78 is 12.1. The van der Waals surface area contributed by atoms with Gasteiger partial charge in [0.2, 0.25) is 5.91 Å². The van der Waals surface area contributed by atoms with Crippen LogP contribution in [0.1, 0.15) is 38.5 Å². The van der Waals surface area contributed by atoms with E-state index in [1.54, 1.807) is 4.90 Å². The van der Waals surface area contributed by atoms with Gasteiger partial charge in [-0.3, -0.25) is 4.79 Å². The van der Waals surface area contributed by atoms with E-state index in [1.807, 2.05) is 48.5 Å². The Kier molecular flexibility index (Phi) is 5.18. The monoisotopic (exact) mass is 421 g/mol. The van der Waals surface area contributed by atoms with Crippen molar-refractivity contribution in [2.75, 3.05) is 23.7 Å². The summed E-state index contributed by atoms with van der Waals surface area (Å²) in [6.45, 7) is 1.05. The lowest BCUT2D eigenvalue weighted by Gasteiger charge is -2.32. The third-order valence-corrected chi connectivity index (χ3v) is 6.27. The van der Waals surface area contributed by atoms with E-state index in [4.69, 9.17) is 9.47 Å². The molecule has 2 fully saturated rings. The van der Waals surface area contributed by atoms with Crippen molar-refractivity contribution >= 4 is 23.3 Å². The van der Waals surface area contributed by atoms with Crippen molar-refractivity contribution < 1.29 is 19.1 Å². The summed E-state index contributed by atoms with van der Waals surface area (Å²) in [6.07, 6.45) is 5.55. The van der Waals surface area contributed by atoms with E-state index in [1.165, 1.54) is 0 Å². The number of nitrogens with zero attached hydrogens (tertiary/aromatic N) is 1. The zero-order valence-corrected chi connectivity index (χ0v) is 17.4. The number of nitrogens with one attached hydrogen (secondary N) is 2. The van der Waals surface area contributed by atoms with Gasteiger partial charge in [-0.25, -0.2) is 4.79 Å². The molecule has 3 amide bonds. The summed E-state index contributed by atoms with van der Waals surface area (Å²) in [5.41, 5.74) is 1.44. The zero-order valence-electron chi connectivity index (χ0n) is 17.4. The maximum absolute atomic E-state index is 12.9. The molecule has 1 saturated carbocycles. The molecular weight excluding hydrogens is 394 g/mol. The lowest BCUT2D eigenvalue weighted by molar-refractivity contribution is -0.121. The largest absolute Gasteiger partial charge is 0.448 e. The number of amides is 3. The first-order chi connectivity index (χ1) is 15.1. The molecule has 0 aromatic heterocycles. The number of ether oxygens (including phenoxy) is 2. The Hall–Kier alpha value is -3.22. The summed E-state index contributed by atoms with van der Waals surface area (Å²) >= 11 is 0. The Morgan fingerprint density at radius 1 is 0.903 bits per heavy atom. The minimum absolute atomic E-state index is 0.0772. The standard InChI is InChI=1S/C24H27N3O4/c28-22(17-7-6-14-27(16-17)23(29)26-18-8-2-1-3-9-18)25-19-10-11-20-21(15-19)31-24(30-20)12-4-5-13-24/h1-3,8-11,15,17H,4-7,12-14,16H2,(H,25,28)(H,26,29). The number of benzene rings is 2. The second-order valence-electron chi connectivity index (χ2n) is 8.55. The second-order valence-corrected chi connectivity index (χ2v) is 8.55. The number of urea groups is 1. The van der Waals surface area contributed by atoms with Gasteiger partial charge in [-0.15, -0.1) is 0 Å². The van der Waals surface area contributed by atoms with E-state index in [9.17, 15) is 9.59 Å². The predicted octanol–water partition coefficient (Wildman–Crippen LogP) is 4.61. The van der Waals surface area contributed by atoms with Gasteiger partial charge >= 0.3 is 6.03 Å². The maximum Gasteiger partial charge on any atom is 0.321 e. The minimum atomic E-state index is -0.513. The minimum Gasteiger partial charge on any atom is -0.448 e. The molecule has 31 heavy (non-hydrogen) atoms. The van der Waals surface area contributed by atoms with Gasteiger partial charge in [0.1, 0.15) is 0 Å². The molecule has 2 heterocycles. The number of carbonyl (C=O) groups excluding carboxylic acids is 2. The summed E-state index contributed by atoms with van der Waals surface area (Å²) in [6, 6.07) is 14.7. The maximum atomic E-state index is 12.9. The molecule has 2 N–H and O–H groups in total. The van der Waals surface area contributed by atoms with Crippen molar-refractivity contribution in [1.82, 2.24) is 4.90 Å². The highest BCUT2D eigenvalue weighted by Gasteiger charge is 2.44. The fraction of sp³-hybridized carbons (Fsp3) is 0.417. The Morgan fingerprint density at radius 3 is 2.48 bits per heavy atom. The summed E-state index contributed by atoms with van der Waals surface area (Å²) in [4.78, 5) is 27.2. The molecule has 7 nitrogen and oxygen atoms in total. The van der Waals surface area contributed by atoms with Crippen molar-refractivity contribution in [1.29, 1.82) is 0 Å². The fourth-order valence-corrected chi connectivity index (χ4v) is 4.63. The third kappa shape index (κ3) is 4.17. The normalized spacial score (nSPS) is 21.2. The number of likely N-dealkylation sites (tertiary alicyclic amines) is 1. The van der Waals surface area contributed by atoms with Gasteiger partial charge in [0.05, 0.1) is 5.92 Å². The molecule has 0 bridgehead atoms. The third-order valence-electron chi connectivity index (χ3n) is 6.27. The van der Waals surface area contributed by atoms with Gasteiger partial charge in [0.15, 0.2) is 11.5 Å². The molecule has 1 unspecified atom stereocenters. The molecule has 1 spiro atoms. The number of hydrogen-bond donors (Lipinski definition) is 2. The second kappa shape index (κ2) is 8.13. The van der Waals surface area contributed by atoms with Crippen LogP contribution in [0.3, 0.4) is 0 Å². The Morgan fingerprint density at radius 2 is 1.68 bits per heavy atom. The molecule has 3 aliphatic rings. The van der Waals surface area contributed by atoms with Gasteiger partial charge in [-0.1, -0.05) is 18.2 Å². The van der Waals surface area contributed by atoms with Crippen LogP contribution in [0.4, 0.5) is 16.2 Å². The van der Waals surface area contributed by atoms with Crippen molar-refractivity contribution in [3.8, 4) is 11.5 Å². The van der Waals surface area contributed by atoms with Gasteiger partial charge in [0, 0.05) is 43.4 Å². The molecule has 2 aliphatic heterocycles. The van der Waals surface area contributed by atoms with E-state index >= 15 is 0 Å². The van der Waals surface area contributed by atoms with Crippen LogP contribution in [0.15, 0.2) is 48.5 Å². The number of para-hydroxylation sites is 1. The fourth-order valence-electron chi connectivity index (χ4n) is 4.63. The number of rotatable bonds is 3. The Balaban J connectivity index is 1.19. The van der Waals surface area contributed by atoms with Gasteiger partial charge in [-0.2, -0.15) is 0 Å². The van der Waals surface area contributed by atoms with Crippen LogP contribution in [-0.4, -0.2) is 35.7 Å². The average Bonchev–Trinajstić information content (AvgIpc) is 3.39. The van der Waals surface area contributed by atoms with Gasteiger partial charge in [0.25, 0.3) is 5.79 Å². The smallest absolute Gasteiger partial charge is 0.321 e. The molecular formula is C24H27N3O4. The quantitative estimate of drug-likeness (QED) is 0.758. The first-order valence-corrected chi connectivity index (χ1v) is 11.0. The Bertz CT molecular complexity index is 972. The molecule has 2 aromatic carbocycles. The molecule has 5 rings (SSSR count). The van der Waals surface area contributed by atoms with Crippen molar-refractivity contribution in [3.63, 3.8) is 0 Å². The highest BCUT2D eigenvalue weighted by molar-refractivity contribution is 5.94. The van der Waals surface area contributed by atoms with Crippen molar-refractivity contribution in [2.45, 2.75) is 44.3 Å². The highest BCUT2D eigenvalue weighted by atomic mass is 16.7. The van der Waals surface area contributed by atoms with E-state index in [-0.39, 0.29) is 17.9 Å². The molecule has 1 saturated heterocycles. The van der Waals surface area contributed by atoms with E-state index in [2.05, 4.69) is 10.6 Å². The van der Waals surface area contributed by atoms with Crippen LogP contribution in [0.25, 0.3) is 0 Å². The van der Waals surface area contributed by atoms with Crippen molar-refractivity contribution in [2.24, 2.45) is 5.92 Å². The van der Waals surface area contributed by atoms with Crippen LogP contribution in [-0.2, 0) is 4.79 Å². The number of hydrogen-bond acceptors (Lipinski definition) is 4. The molecule has 7 heteroatoms. The molecule has 1 atom stereocenters. The summed E-state index contributed by atoms with van der Waals surface area (Å²) in [5.74, 6) is 0.586. The van der Waals surface area contributed by atoms with Crippen LogP contribution in [0.2, 0.25) is 0 Å². The first-order valence-electron chi connectivity index (χ1n) is 11.0. The SMILES string of the molecule is O=C(Nc1ccc2c(c1)OC1(CCCC1)O2)C1CCCN(C(=O)Nc2ccccc2)C1. The summed E-state index contributed by atoms with van der Waals surface area (Å²) in [7, 11) is 0. The van der Waals surface area contributed by atoms with Crippen LogP contribution < -0.4 is 20.1 Å². The van der Waals surface area contributed by atoms with Crippen molar-refractivity contribution in [3.05, 3.63) is 48.5 Å². The number of anilines is 2. The Labute approximate surface area is 181 Å². The number of fused-ring (bicyclic) bond motifs is 1. The average molecular weight is 421 g/mol. The van der Waals surface area contributed by atoms with Crippen LogP contribution >= 0.6 is 0 Å². The van der Waals surface area contributed by atoms with Gasteiger partial charge < -0.3 is 25.0 Å². The highest BCUT2D eigenvalue weighted by Crippen LogP contribution is 2.47. The number of carbonyl (C=O) groups is 2. The molecule has 2 aromatic rings. The van der Waals surface area contributed by atoms with Crippen LogP contribution in [0, 0.1) is 5.92 Å². The van der Waals surface area contributed by atoms with E-state index < -0.39 is 5.79 Å². The lowest BCUT2D eigenvalue weighted by Crippen LogP contribution is -2.45. The molecule has 1 aliphatic carbocycles. The molecule has 0 radical (unpaired) electrons. The predicted molar refractivity (Wildman–Crippen MR) is 117 cm³/mol. The van der Waals surface area contributed by atoms with E-state index in [0.717, 1.165) is 50.0 Å². The zero-order chi connectivity index (χ0) is 21.3. The van der Waals surface area contributed by atoms with E-state index in [0.29, 0.717) is 24.5 Å². The topological polar surface area (TPSA) is 79.9 Å². The molecule has 162 valence electrons. The van der Waals surface area contributed by atoms with Gasteiger partial charge in [-0.05, 0) is 49.9 Å². The van der Waals surface area contributed by atoms with Crippen LogP contribution in [0.5, 0.6) is 11.5 Å². The lowest BCUT2D eigenvalue weighted by atomic mass is 9.97. The number of piperidine rings is 1.